The van der Waals surface area contributed by atoms with Crippen molar-refractivity contribution in [3.05, 3.63) is 89.1 Å². The number of benzene rings is 2. The molecule has 0 radical (unpaired) electrons. The van der Waals surface area contributed by atoms with Crippen molar-refractivity contribution < 1.29 is 31.1 Å². The summed E-state index contributed by atoms with van der Waals surface area (Å²) in [5, 5.41) is 7.31. The molecule has 196 valence electrons. The summed E-state index contributed by atoms with van der Waals surface area (Å²) >= 11 is 0. The summed E-state index contributed by atoms with van der Waals surface area (Å²) in [4.78, 5) is 20.0. The average Bonchev–Trinajstić information content (AvgIpc) is 3.47. The quantitative estimate of drug-likeness (QED) is 0.266. The first-order valence-electron chi connectivity index (χ1n) is 11.4. The van der Waals surface area contributed by atoms with Crippen LogP contribution in [0.2, 0.25) is 0 Å². The van der Waals surface area contributed by atoms with Crippen molar-refractivity contribution in [2.24, 2.45) is 0 Å². The third-order valence-electron chi connectivity index (χ3n) is 6.08. The number of rotatable bonds is 6. The summed E-state index contributed by atoms with van der Waals surface area (Å²) in [7, 11) is 0. The van der Waals surface area contributed by atoms with E-state index in [1.54, 1.807) is 0 Å². The van der Waals surface area contributed by atoms with Gasteiger partial charge in [0.1, 0.15) is 11.5 Å². The maximum atomic E-state index is 14.5. The van der Waals surface area contributed by atoms with E-state index in [9.17, 15) is 31.1 Å². The smallest absolute Gasteiger partial charge is 0.361 e. The predicted octanol–water partition coefficient (Wildman–Crippen LogP) is 5.95. The van der Waals surface area contributed by atoms with E-state index in [0.29, 0.717) is 17.0 Å². The topological polar surface area (TPSA) is 75.1 Å². The second-order valence-corrected chi connectivity index (χ2v) is 8.77. The summed E-state index contributed by atoms with van der Waals surface area (Å²) in [6, 6.07) is 11.9. The molecule has 12 heteroatoms. The number of carbonyl (C=O) groups is 1. The van der Waals surface area contributed by atoms with Gasteiger partial charge in [0.05, 0.1) is 5.69 Å². The molecular formula is C26H19F6N5O. The Kier molecular flexibility index (Phi) is 6.12. The molecular weight excluding hydrogens is 512 g/mol. The molecule has 2 N–H and O–H groups in total. The van der Waals surface area contributed by atoms with Gasteiger partial charge in [-0.3, -0.25) is 4.79 Å². The van der Waals surface area contributed by atoms with E-state index in [4.69, 9.17) is 0 Å². The van der Waals surface area contributed by atoms with Crippen LogP contribution in [0.1, 0.15) is 27.3 Å². The highest BCUT2D eigenvalue weighted by molar-refractivity contribution is 5.93. The fourth-order valence-electron chi connectivity index (χ4n) is 4.12. The highest BCUT2D eigenvalue weighted by atomic mass is 19.4. The van der Waals surface area contributed by atoms with Crippen molar-refractivity contribution in [3.63, 3.8) is 0 Å². The van der Waals surface area contributed by atoms with E-state index < -0.39 is 35.2 Å². The molecule has 6 nitrogen and oxygen atoms in total. The minimum absolute atomic E-state index is 0.106. The third-order valence-corrected chi connectivity index (χ3v) is 6.08. The molecule has 0 spiro atoms. The molecule has 0 aliphatic rings. The monoisotopic (exact) mass is 531 g/mol. The molecule has 0 aliphatic carbocycles. The number of alkyl halides is 5. The standard InChI is InChI=1S/C26H19F6N5O/c1-14-2-7-19-18(10-14)16(13-34-19)8-9-33-24(38)21-12-23-35-20(15-3-5-17(27)6-4-15)11-22(37(23)36-21)25(28,29)26(30,31)32/h2-7,10-13,34H,8-9H2,1H3,(H,33,38). The Morgan fingerprint density at radius 1 is 1.03 bits per heavy atom. The van der Waals surface area contributed by atoms with Gasteiger partial charge in [-0.2, -0.15) is 27.1 Å². The van der Waals surface area contributed by atoms with Crippen molar-refractivity contribution in [1.82, 2.24) is 24.9 Å². The summed E-state index contributed by atoms with van der Waals surface area (Å²) in [6.45, 7) is 2.11. The highest BCUT2D eigenvalue weighted by Crippen LogP contribution is 2.44. The number of H-pyrrole nitrogens is 1. The fraction of sp³-hybridized carbons (Fsp3) is 0.192. The Morgan fingerprint density at radius 3 is 2.47 bits per heavy atom. The molecule has 3 aromatic heterocycles. The molecule has 0 aliphatic heterocycles. The first kappa shape index (κ1) is 25.3. The Morgan fingerprint density at radius 2 is 1.76 bits per heavy atom. The number of aromatic amines is 1. The first-order chi connectivity index (χ1) is 17.9. The van der Waals surface area contributed by atoms with Crippen LogP contribution in [-0.2, 0) is 12.3 Å². The number of nitrogens with zero attached hydrogens (tertiary/aromatic N) is 3. The molecule has 0 atom stereocenters. The first-order valence-corrected chi connectivity index (χ1v) is 11.4. The number of hydrogen-bond donors (Lipinski definition) is 2. The fourth-order valence-corrected chi connectivity index (χ4v) is 4.12. The van der Waals surface area contributed by atoms with E-state index in [1.165, 1.54) is 12.1 Å². The van der Waals surface area contributed by atoms with Gasteiger partial charge in [-0.1, -0.05) is 11.6 Å². The lowest BCUT2D eigenvalue weighted by atomic mass is 10.1. The predicted molar refractivity (Wildman–Crippen MR) is 127 cm³/mol. The van der Waals surface area contributed by atoms with Gasteiger partial charge >= 0.3 is 12.1 Å². The molecule has 5 aromatic rings. The molecule has 3 heterocycles. The molecule has 5 rings (SSSR count). The third kappa shape index (κ3) is 4.57. The van der Waals surface area contributed by atoms with Crippen LogP contribution in [0.15, 0.2) is 60.8 Å². The van der Waals surface area contributed by atoms with Gasteiger partial charge in [0.15, 0.2) is 11.3 Å². The van der Waals surface area contributed by atoms with Gasteiger partial charge < -0.3 is 10.3 Å². The number of nitrogens with one attached hydrogen (secondary N) is 2. The zero-order chi connectivity index (χ0) is 27.2. The van der Waals surface area contributed by atoms with Crippen molar-refractivity contribution in [1.29, 1.82) is 0 Å². The molecule has 1 amide bonds. The van der Waals surface area contributed by atoms with Gasteiger partial charge in [0.25, 0.3) is 5.91 Å². The molecule has 2 aromatic carbocycles. The lowest BCUT2D eigenvalue weighted by molar-refractivity contribution is -0.291. The zero-order valence-corrected chi connectivity index (χ0v) is 19.7. The maximum absolute atomic E-state index is 14.5. The maximum Gasteiger partial charge on any atom is 0.459 e. The van der Waals surface area contributed by atoms with Gasteiger partial charge in [0, 0.05) is 35.3 Å². The SMILES string of the molecule is Cc1ccc2[nH]cc(CCNC(=O)c3cc4nc(-c5ccc(F)cc5)cc(C(F)(F)C(F)(F)F)n4n3)c2c1. The number of halogens is 6. The summed E-state index contributed by atoms with van der Waals surface area (Å²) in [5.41, 5.74) is 0.460. The van der Waals surface area contributed by atoms with Gasteiger partial charge in [-0.15, -0.1) is 0 Å². The van der Waals surface area contributed by atoms with Crippen LogP contribution in [0.3, 0.4) is 0 Å². The van der Waals surface area contributed by atoms with Gasteiger partial charge in [-0.05, 0) is 61.4 Å². The Bertz CT molecular complexity index is 1650. The van der Waals surface area contributed by atoms with Crippen LogP contribution in [0, 0.1) is 12.7 Å². The number of carbonyl (C=O) groups excluding carboxylic acids is 1. The summed E-state index contributed by atoms with van der Waals surface area (Å²) < 4.78 is 82.5. The van der Waals surface area contributed by atoms with Crippen molar-refractivity contribution >= 4 is 22.5 Å². The number of aryl methyl sites for hydroxylation is 1. The van der Waals surface area contributed by atoms with E-state index in [-0.39, 0.29) is 23.5 Å². The normalized spacial score (nSPS) is 12.4. The van der Waals surface area contributed by atoms with Gasteiger partial charge in [0.2, 0.25) is 0 Å². The van der Waals surface area contributed by atoms with Crippen LogP contribution < -0.4 is 5.32 Å². The lowest BCUT2D eigenvalue weighted by Gasteiger charge is -2.21. The second kappa shape index (κ2) is 9.19. The largest absolute Gasteiger partial charge is 0.459 e. The molecule has 0 unspecified atom stereocenters. The Labute approximate surface area is 211 Å². The molecule has 0 bridgehead atoms. The number of fused-ring (bicyclic) bond motifs is 2. The summed E-state index contributed by atoms with van der Waals surface area (Å²) in [6.07, 6.45) is -3.69. The van der Waals surface area contributed by atoms with Crippen LogP contribution in [0.25, 0.3) is 27.8 Å². The Balaban J connectivity index is 1.45. The van der Waals surface area contributed by atoms with Crippen LogP contribution >= 0.6 is 0 Å². The van der Waals surface area contributed by atoms with Crippen molar-refractivity contribution in [2.45, 2.75) is 25.4 Å². The van der Waals surface area contributed by atoms with Gasteiger partial charge in [-0.25, -0.2) is 13.9 Å². The van der Waals surface area contributed by atoms with Crippen LogP contribution in [0.4, 0.5) is 26.3 Å². The number of amides is 1. The minimum Gasteiger partial charge on any atom is -0.361 e. The van der Waals surface area contributed by atoms with E-state index in [2.05, 4.69) is 20.4 Å². The molecule has 38 heavy (non-hydrogen) atoms. The van der Waals surface area contributed by atoms with E-state index >= 15 is 0 Å². The molecule has 0 fully saturated rings. The molecule has 0 saturated carbocycles. The average molecular weight is 531 g/mol. The van der Waals surface area contributed by atoms with Crippen molar-refractivity contribution in [2.75, 3.05) is 6.54 Å². The minimum atomic E-state index is -5.94. The number of aromatic nitrogens is 4. The second-order valence-electron chi connectivity index (χ2n) is 8.77. The highest BCUT2D eigenvalue weighted by Gasteiger charge is 2.60. The lowest BCUT2D eigenvalue weighted by Crippen LogP contribution is -2.36. The molecule has 0 saturated heterocycles. The van der Waals surface area contributed by atoms with Crippen molar-refractivity contribution in [3.8, 4) is 11.3 Å². The van der Waals surface area contributed by atoms with Crippen LogP contribution in [0.5, 0.6) is 0 Å². The number of hydrogen-bond acceptors (Lipinski definition) is 3. The van der Waals surface area contributed by atoms with E-state index in [1.807, 2.05) is 31.3 Å². The van der Waals surface area contributed by atoms with Crippen LogP contribution in [-0.4, -0.2) is 38.2 Å². The zero-order valence-electron chi connectivity index (χ0n) is 19.7. The summed E-state index contributed by atoms with van der Waals surface area (Å²) in [5.74, 6) is -6.70. The Hall–Kier alpha value is -4.35. The van der Waals surface area contributed by atoms with E-state index in [0.717, 1.165) is 40.2 Å².